The van der Waals surface area contributed by atoms with Crippen LogP contribution in [0.25, 0.3) is 0 Å². The Morgan fingerprint density at radius 1 is 0.964 bits per heavy atom. The molecule has 0 saturated heterocycles. The van der Waals surface area contributed by atoms with E-state index in [9.17, 15) is 19.2 Å². The lowest BCUT2D eigenvalue weighted by Gasteiger charge is -2.08. The molecule has 7 heteroatoms. The SMILES string of the molecule is CCC(=O)Nc1ccc(C(=O)COC(=O)CNC(=O)c2ccccc2C)cc1. The zero-order chi connectivity index (χ0) is 20.5. The van der Waals surface area contributed by atoms with E-state index >= 15 is 0 Å². The van der Waals surface area contributed by atoms with Gasteiger partial charge >= 0.3 is 5.97 Å². The molecule has 28 heavy (non-hydrogen) atoms. The van der Waals surface area contributed by atoms with Crippen molar-refractivity contribution in [3.63, 3.8) is 0 Å². The molecule has 0 atom stereocenters. The van der Waals surface area contributed by atoms with Crippen molar-refractivity contribution in [1.82, 2.24) is 5.32 Å². The lowest BCUT2D eigenvalue weighted by molar-refractivity contribution is -0.141. The third-order valence-electron chi connectivity index (χ3n) is 3.96. The predicted octanol–water partition coefficient (Wildman–Crippen LogP) is 2.50. The number of hydrogen-bond donors (Lipinski definition) is 2. The molecule has 0 aliphatic rings. The normalized spacial score (nSPS) is 10.1. The fraction of sp³-hybridized carbons (Fsp3) is 0.238. The van der Waals surface area contributed by atoms with Crippen LogP contribution in [0.1, 0.15) is 39.6 Å². The van der Waals surface area contributed by atoms with Crippen LogP contribution in [0.2, 0.25) is 0 Å². The summed E-state index contributed by atoms with van der Waals surface area (Å²) in [5.41, 5.74) is 2.20. The minimum absolute atomic E-state index is 0.124. The molecule has 2 aromatic carbocycles. The van der Waals surface area contributed by atoms with Gasteiger partial charge in [0.25, 0.3) is 5.91 Å². The van der Waals surface area contributed by atoms with E-state index in [0.717, 1.165) is 5.56 Å². The fourth-order valence-electron chi connectivity index (χ4n) is 2.34. The largest absolute Gasteiger partial charge is 0.456 e. The number of nitrogens with one attached hydrogen (secondary N) is 2. The summed E-state index contributed by atoms with van der Waals surface area (Å²) < 4.78 is 4.91. The van der Waals surface area contributed by atoms with Crippen molar-refractivity contribution in [1.29, 1.82) is 0 Å². The highest BCUT2D eigenvalue weighted by Gasteiger charge is 2.13. The van der Waals surface area contributed by atoms with E-state index in [0.29, 0.717) is 23.2 Å². The fourth-order valence-corrected chi connectivity index (χ4v) is 2.34. The number of benzene rings is 2. The van der Waals surface area contributed by atoms with Crippen molar-refractivity contribution < 1.29 is 23.9 Å². The molecule has 0 saturated carbocycles. The van der Waals surface area contributed by atoms with Crippen LogP contribution in [-0.2, 0) is 14.3 Å². The van der Waals surface area contributed by atoms with Crippen LogP contribution in [0.15, 0.2) is 48.5 Å². The van der Waals surface area contributed by atoms with Gasteiger partial charge < -0.3 is 15.4 Å². The van der Waals surface area contributed by atoms with Crippen molar-refractivity contribution in [2.45, 2.75) is 20.3 Å². The third-order valence-corrected chi connectivity index (χ3v) is 3.96. The van der Waals surface area contributed by atoms with Gasteiger partial charge in [0.1, 0.15) is 6.54 Å². The zero-order valence-electron chi connectivity index (χ0n) is 15.8. The van der Waals surface area contributed by atoms with E-state index in [-0.39, 0.29) is 24.1 Å². The standard InChI is InChI=1S/C21H22N2O5/c1-3-19(25)23-16-10-8-15(9-11-16)18(24)13-28-20(26)12-22-21(27)17-7-5-4-6-14(17)2/h4-11H,3,12-13H2,1-2H3,(H,22,27)(H,23,25). The molecule has 2 rings (SSSR count). The summed E-state index contributed by atoms with van der Waals surface area (Å²) in [5.74, 6) is -1.60. The van der Waals surface area contributed by atoms with Crippen LogP contribution in [0.4, 0.5) is 5.69 Å². The van der Waals surface area contributed by atoms with E-state index in [2.05, 4.69) is 10.6 Å². The summed E-state index contributed by atoms with van der Waals surface area (Å²) in [7, 11) is 0. The first-order valence-corrected chi connectivity index (χ1v) is 8.83. The van der Waals surface area contributed by atoms with Gasteiger partial charge in [-0.1, -0.05) is 25.1 Å². The molecule has 0 bridgehead atoms. The van der Waals surface area contributed by atoms with Crippen molar-refractivity contribution in [2.75, 3.05) is 18.5 Å². The minimum Gasteiger partial charge on any atom is -0.456 e. The van der Waals surface area contributed by atoms with Crippen LogP contribution < -0.4 is 10.6 Å². The molecule has 0 aliphatic carbocycles. The Bertz CT molecular complexity index is 875. The maximum atomic E-state index is 12.1. The van der Waals surface area contributed by atoms with Gasteiger partial charge in [-0.15, -0.1) is 0 Å². The zero-order valence-corrected chi connectivity index (χ0v) is 15.8. The number of amides is 2. The number of ether oxygens (including phenoxy) is 1. The number of anilines is 1. The second-order valence-electron chi connectivity index (χ2n) is 6.06. The molecule has 2 aromatic rings. The second kappa shape index (κ2) is 10.0. The Balaban J connectivity index is 1.79. The van der Waals surface area contributed by atoms with Crippen LogP contribution in [0.3, 0.4) is 0 Å². The predicted molar refractivity (Wildman–Crippen MR) is 104 cm³/mol. The first-order valence-electron chi connectivity index (χ1n) is 8.83. The Labute approximate surface area is 163 Å². The van der Waals surface area contributed by atoms with Gasteiger partial charge in [-0.3, -0.25) is 19.2 Å². The first kappa shape index (κ1) is 20.8. The summed E-state index contributed by atoms with van der Waals surface area (Å²) in [6.07, 6.45) is 0.358. The van der Waals surface area contributed by atoms with Gasteiger partial charge in [0.2, 0.25) is 5.91 Å². The van der Waals surface area contributed by atoms with E-state index in [1.54, 1.807) is 56.3 Å². The van der Waals surface area contributed by atoms with E-state index in [1.807, 2.05) is 6.07 Å². The van der Waals surface area contributed by atoms with Gasteiger partial charge in [-0.2, -0.15) is 0 Å². The smallest absolute Gasteiger partial charge is 0.325 e. The van der Waals surface area contributed by atoms with Crippen LogP contribution in [-0.4, -0.2) is 36.7 Å². The second-order valence-corrected chi connectivity index (χ2v) is 6.06. The molecule has 2 N–H and O–H groups in total. The molecule has 0 aromatic heterocycles. The molecule has 2 amide bonds. The van der Waals surface area contributed by atoms with Crippen LogP contribution in [0.5, 0.6) is 0 Å². The number of carbonyl (C=O) groups is 4. The molecule has 0 heterocycles. The Hall–Kier alpha value is -3.48. The van der Waals surface area contributed by atoms with Crippen LogP contribution >= 0.6 is 0 Å². The Morgan fingerprint density at radius 2 is 1.64 bits per heavy atom. The number of rotatable bonds is 8. The summed E-state index contributed by atoms with van der Waals surface area (Å²) in [6.45, 7) is 2.78. The topological polar surface area (TPSA) is 102 Å². The first-order chi connectivity index (χ1) is 13.4. The Kier molecular flexibility index (Phi) is 7.45. The van der Waals surface area contributed by atoms with Crippen LogP contribution in [0, 0.1) is 6.92 Å². The lowest BCUT2D eigenvalue weighted by Crippen LogP contribution is -2.31. The number of Topliss-reactive ketones (excluding diaryl/α,β-unsaturated/α-hetero) is 1. The molecule has 0 spiro atoms. The van der Waals surface area contributed by atoms with E-state index < -0.39 is 12.6 Å². The average molecular weight is 382 g/mol. The average Bonchev–Trinajstić information content (AvgIpc) is 2.71. The quantitative estimate of drug-likeness (QED) is 0.540. The van der Waals surface area contributed by atoms with Crippen molar-refractivity contribution in [3.8, 4) is 0 Å². The van der Waals surface area contributed by atoms with Gasteiger partial charge in [-0.25, -0.2) is 0 Å². The highest BCUT2D eigenvalue weighted by Crippen LogP contribution is 2.11. The van der Waals surface area contributed by atoms with E-state index in [1.165, 1.54) is 0 Å². The summed E-state index contributed by atoms with van der Waals surface area (Å²) in [6, 6.07) is 13.3. The number of esters is 1. The van der Waals surface area contributed by atoms with Crippen molar-refractivity contribution in [3.05, 3.63) is 65.2 Å². The highest BCUT2D eigenvalue weighted by atomic mass is 16.5. The molecule has 0 aliphatic heterocycles. The van der Waals surface area contributed by atoms with Gasteiger partial charge in [0.15, 0.2) is 12.4 Å². The number of carbonyl (C=O) groups excluding carboxylic acids is 4. The molecule has 0 radical (unpaired) electrons. The Morgan fingerprint density at radius 3 is 2.29 bits per heavy atom. The maximum Gasteiger partial charge on any atom is 0.325 e. The summed E-state index contributed by atoms with van der Waals surface area (Å²) in [5, 5.41) is 5.15. The third kappa shape index (κ3) is 6.05. The summed E-state index contributed by atoms with van der Waals surface area (Å²) >= 11 is 0. The number of aryl methyl sites for hydroxylation is 1. The molecular weight excluding hydrogens is 360 g/mol. The number of ketones is 1. The van der Waals surface area contributed by atoms with Crippen molar-refractivity contribution in [2.24, 2.45) is 0 Å². The number of hydrogen-bond acceptors (Lipinski definition) is 5. The minimum atomic E-state index is -0.706. The van der Waals surface area contributed by atoms with E-state index in [4.69, 9.17) is 4.74 Å². The van der Waals surface area contributed by atoms with Gasteiger partial charge in [-0.05, 0) is 42.8 Å². The summed E-state index contributed by atoms with van der Waals surface area (Å²) in [4.78, 5) is 47.2. The van der Waals surface area contributed by atoms with Gasteiger partial charge in [0, 0.05) is 23.2 Å². The molecule has 0 unspecified atom stereocenters. The molecule has 7 nitrogen and oxygen atoms in total. The monoisotopic (exact) mass is 382 g/mol. The van der Waals surface area contributed by atoms with Gasteiger partial charge in [0.05, 0.1) is 0 Å². The maximum absolute atomic E-state index is 12.1. The lowest BCUT2D eigenvalue weighted by atomic mass is 10.1. The molecular formula is C21H22N2O5. The highest BCUT2D eigenvalue weighted by molar-refractivity contribution is 5.99. The molecule has 146 valence electrons. The molecule has 0 fully saturated rings. The van der Waals surface area contributed by atoms with Crippen molar-refractivity contribution >= 4 is 29.3 Å².